The lowest BCUT2D eigenvalue weighted by molar-refractivity contribution is 0.0699. The summed E-state index contributed by atoms with van der Waals surface area (Å²) in [4.78, 5) is 17.9. The second kappa shape index (κ2) is 3.09. The number of aromatic carboxylic acids is 1. The van der Waals surface area contributed by atoms with Crippen LogP contribution in [0.1, 0.15) is 16.1 Å². The smallest absolute Gasteiger partial charge is 0.339 e. The number of halogens is 1. The van der Waals surface area contributed by atoms with Crippen LogP contribution in [0.4, 0.5) is 0 Å². The standard InChI is InChI=1S/C9H7BrN2O2/c1-4-6(10)2-7-8(12-4)5(3-11-7)9(13)14/h2-3,11H,1H3,(H,13,14). The molecule has 0 aliphatic heterocycles. The van der Waals surface area contributed by atoms with E-state index in [0.29, 0.717) is 5.52 Å². The molecule has 2 aromatic heterocycles. The van der Waals surface area contributed by atoms with Crippen molar-refractivity contribution in [2.24, 2.45) is 0 Å². The van der Waals surface area contributed by atoms with Gasteiger partial charge in [0.1, 0.15) is 11.1 Å². The minimum Gasteiger partial charge on any atom is -0.478 e. The maximum Gasteiger partial charge on any atom is 0.339 e. The molecule has 14 heavy (non-hydrogen) atoms. The molecule has 72 valence electrons. The Hall–Kier alpha value is -1.36. The monoisotopic (exact) mass is 254 g/mol. The molecule has 0 saturated carbocycles. The number of nitrogens with one attached hydrogen (secondary N) is 1. The topological polar surface area (TPSA) is 66.0 Å². The van der Waals surface area contributed by atoms with Crippen LogP contribution in [0.15, 0.2) is 16.7 Å². The van der Waals surface area contributed by atoms with Crippen LogP contribution < -0.4 is 0 Å². The van der Waals surface area contributed by atoms with Gasteiger partial charge < -0.3 is 10.1 Å². The lowest BCUT2D eigenvalue weighted by Gasteiger charge is -1.97. The van der Waals surface area contributed by atoms with E-state index in [2.05, 4.69) is 25.9 Å². The first kappa shape index (κ1) is 9.21. The van der Waals surface area contributed by atoms with Crippen molar-refractivity contribution in [2.75, 3.05) is 0 Å². The minimum atomic E-state index is -0.967. The molecule has 0 amide bonds. The summed E-state index contributed by atoms with van der Waals surface area (Å²) in [6.45, 7) is 1.82. The Bertz CT molecular complexity index is 519. The first-order valence-electron chi connectivity index (χ1n) is 3.97. The minimum absolute atomic E-state index is 0.204. The van der Waals surface area contributed by atoms with E-state index in [1.165, 1.54) is 6.20 Å². The molecule has 2 aromatic rings. The second-order valence-corrected chi connectivity index (χ2v) is 3.81. The van der Waals surface area contributed by atoms with E-state index in [0.717, 1.165) is 15.7 Å². The molecule has 0 aliphatic rings. The van der Waals surface area contributed by atoms with E-state index in [4.69, 9.17) is 5.11 Å². The third kappa shape index (κ3) is 1.29. The third-order valence-electron chi connectivity index (χ3n) is 2.01. The van der Waals surface area contributed by atoms with Gasteiger partial charge in [0.25, 0.3) is 0 Å². The molecule has 2 heterocycles. The average Bonchev–Trinajstić information content (AvgIpc) is 2.48. The second-order valence-electron chi connectivity index (χ2n) is 2.96. The maximum absolute atomic E-state index is 10.8. The molecule has 0 bridgehead atoms. The van der Waals surface area contributed by atoms with E-state index in [-0.39, 0.29) is 5.56 Å². The van der Waals surface area contributed by atoms with Gasteiger partial charge in [-0.1, -0.05) is 0 Å². The summed E-state index contributed by atoms with van der Waals surface area (Å²) in [6, 6.07) is 1.82. The van der Waals surface area contributed by atoms with Crippen molar-refractivity contribution >= 4 is 32.9 Å². The Kier molecular flexibility index (Phi) is 2.03. The van der Waals surface area contributed by atoms with Gasteiger partial charge in [-0.3, -0.25) is 0 Å². The van der Waals surface area contributed by atoms with Crippen molar-refractivity contribution in [3.63, 3.8) is 0 Å². The van der Waals surface area contributed by atoms with E-state index < -0.39 is 5.97 Å². The molecule has 2 N–H and O–H groups in total. The molecule has 4 nitrogen and oxygen atoms in total. The highest BCUT2D eigenvalue weighted by molar-refractivity contribution is 9.10. The molecular formula is C9H7BrN2O2. The zero-order valence-corrected chi connectivity index (χ0v) is 8.92. The number of hydrogen-bond donors (Lipinski definition) is 2. The third-order valence-corrected chi connectivity index (χ3v) is 2.81. The fourth-order valence-corrected chi connectivity index (χ4v) is 1.60. The summed E-state index contributed by atoms with van der Waals surface area (Å²) < 4.78 is 0.865. The Balaban J connectivity index is 2.80. The van der Waals surface area contributed by atoms with Crippen LogP contribution in [0, 0.1) is 6.92 Å². The number of aromatic nitrogens is 2. The van der Waals surface area contributed by atoms with Crippen LogP contribution in [0.25, 0.3) is 11.0 Å². The summed E-state index contributed by atoms with van der Waals surface area (Å²) in [7, 11) is 0. The molecule has 2 rings (SSSR count). The molecule has 0 aliphatic carbocycles. The molecule has 0 unspecified atom stereocenters. The van der Waals surface area contributed by atoms with Gasteiger partial charge >= 0.3 is 5.97 Å². The van der Waals surface area contributed by atoms with Gasteiger partial charge in [-0.2, -0.15) is 0 Å². The zero-order chi connectivity index (χ0) is 10.3. The molecule has 0 spiro atoms. The van der Waals surface area contributed by atoms with Crippen LogP contribution in [0.3, 0.4) is 0 Å². The van der Waals surface area contributed by atoms with Crippen molar-refractivity contribution in [1.29, 1.82) is 0 Å². The first-order valence-corrected chi connectivity index (χ1v) is 4.76. The highest BCUT2D eigenvalue weighted by Crippen LogP contribution is 2.22. The molecule has 0 radical (unpaired) electrons. The number of carbonyl (C=O) groups is 1. The molecule has 0 aromatic carbocycles. The molecular weight excluding hydrogens is 248 g/mol. The van der Waals surface area contributed by atoms with Crippen LogP contribution >= 0.6 is 15.9 Å². The van der Waals surface area contributed by atoms with Gasteiger partial charge in [0.05, 0.1) is 11.2 Å². The number of aromatic amines is 1. The Labute approximate surface area is 88.1 Å². The van der Waals surface area contributed by atoms with Crippen molar-refractivity contribution in [3.05, 3.63) is 28.0 Å². The Morgan fingerprint density at radius 1 is 1.64 bits per heavy atom. The number of aryl methyl sites for hydroxylation is 1. The number of rotatable bonds is 1. The van der Waals surface area contributed by atoms with E-state index in [1.54, 1.807) is 0 Å². The number of nitrogens with zero attached hydrogens (tertiary/aromatic N) is 1. The number of fused-ring (bicyclic) bond motifs is 1. The maximum atomic E-state index is 10.8. The fraction of sp³-hybridized carbons (Fsp3) is 0.111. The van der Waals surface area contributed by atoms with Crippen molar-refractivity contribution in [2.45, 2.75) is 6.92 Å². The number of hydrogen-bond acceptors (Lipinski definition) is 2. The molecule has 0 saturated heterocycles. The normalized spacial score (nSPS) is 10.7. The van der Waals surface area contributed by atoms with E-state index in [9.17, 15) is 4.79 Å². The quantitative estimate of drug-likeness (QED) is 0.821. The van der Waals surface area contributed by atoms with E-state index in [1.807, 2.05) is 13.0 Å². The number of pyridine rings is 1. The summed E-state index contributed by atoms with van der Waals surface area (Å²) in [6.07, 6.45) is 1.45. The zero-order valence-electron chi connectivity index (χ0n) is 7.34. The van der Waals surface area contributed by atoms with Crippen LogP contribution in [0.2, 0.25) is 0 Å². The summed E-state index contributed by atoms with van der Waals surface area (Å²) in [5, 5.41) is 8.86. The van der Waals surface area contributed by atoms with Crippen molar-refractivity contribution in [3.8, 4) is 0 Å². The van der Waals surface area contributed by atoms with Gasteiger partial charge in [0.15, 0.2) is 0 Å². The SMILES string of the molecule is Cc1nc2c(C(=O)O)c[nH]c2cc1Br. The Morgan fingerprint density at radius 3 is 3.00 bits per heavy atom. The largest absolute Gasteiger partial charge is 0.478 e. The number of carboxylic acid groups (broad SMARTS) is 1. The fourth-order valence-electron chi connectivity index (χ4n) is 1.28. The van der Waals surface area contributed by atoms with Crippen LogP contribution in [-0.2, 0) is 0 Å². The van der Waals surface area contributed by atoms with Crippen molar-refractivity contribution < 1.29 is 9.90 Å². The van der Waals surface area contributed by atoms with Gasteiger partial charge in [-0.25, -0.2) is 9.78 Å². The predicted octanol–water partition coefficient (Wildman–Crippen LogP) is 2.33. The average molecular weight is 255 g/mol. The summed E-state index contributed by atoms with van der Waals surface area (Å²) >= 11 is 3.33. The number of carboxylic acids is 1. The first-order chi connectivity index (χ1) is 6.59. The summed E-state index contributed by atoms with van der Waals surface area (Å²) in [5.74, 6) is -0.967. The highest BCUT2D eigenvalue weighted by Gasteiger charge is 2.12. The van der Waals surface area contributed by atoms with Crippen LogP contribution in [-0.4, -0.2) is 21.0 Å². The van der Waals surface area contributed by atoms with Gasteiger partial charge in [-0.15, -0.1) is 0 Å². The lowest BCUT2D eigenvalue weighted by Crippen LogP contribution is -1.95. The summed E-state index contributed by atoms with van der Waals surface area (Å²) in [5.41, 5.74) is 2.20. The van der Waals surface area contributed by atoms with Gasteiger partial charge in [0.2, 0.25) is 0 Å². The highest BCUT2D eigenvalue weighted by atomic mass is 79.9. The molecule has 0 atom stereocenters. The lowest BCUT2D eigenvalue weighted by atomic mass is 10.2. The van der Waals surface area contributed by atoms with Crippen molar-refractivity contribution in [1.82, 2.24) is 9.97 Å². The predicted molar refractivity (Wildman–Crippen MR) is 55.5 cm³/mol. The van der Waals surface area contributed by atoms with Gasteiger partial charge in [-0.05, 0) is 28.9 Å². The number of H-pyrrole nitrogens is 1. The Morgan fingerprint density at radius 2 is 2.36 bits per heavy atom. The molecule has 0 fully saturated rings. The molecule has 5 heteroatoms. The van der Waals surface area contributed by atoms with Crippen LogP contribution in [0.5, 0.6) is 0 Å². The van der Waals surface area contributed by atoms with E-state index >= 15 is 0 Å². The van der Waals surface area contributed by atoms with Gasteiger partial charge in [0, 0.05) is 10.7 Å².